The second kappa shape index (κ2) is 2.60. The molecule has 0 atom stereocenters. The third kappa shape index (κ3) is 1.27. The maximum atomic E-state index is 3.52. The first kappa shape index (κ1) is 7.81. The number of alkyl halides is 1. The van der Waals surface area contributed by atoms with Crippen molar-refractivity contribution < 1.29 is 0 Å². The van der Waals surface area contributed by atoms with Gasteiger partial charge in [-0.2, -0.15) is 0 Å². The van der Waals surface area contributed by atoms with Gasteiger partial charge in [-0.15, -0.1) is 11.3 Å². The van der Waals surface area contributed by atoms with Crippen molar-refractivity contribution in [2.24, 2.45) is 0 Å². The van der Waals surface area contributed by atoms with Crippen LogP contribution in [0.15, 0.2) is 11.4 Å². The van der Waals surface area contributed by atoms with E-state index in [9.17, 15) is 0 Å². The van der Waals surface area contributed by atoms with E-state index in [4.69, 9.17) is 0 Å². The molecule has 1 saturated carbocycles. The molecule has 0 amide bonds. The molecule has 11 heavy (non-hydrogen) atoms. The van der Waals surface area contributed by atoms with E-state index < -0.39 is 0 Å². The third-order valence-electron chi connectivity index (χ3n) is 2.52. The van der Waals surface area contributed by atoms with Gasteiger partial charge in [0.2, 0.25) is 0 Å². The van der Waals surface area contributed by atoms with Gasteiger partial charge in [0.1, 0.15) is 0 Å². The molecule has 2 rings (SSSR count). The van der Waals surface area contributed by atoms with Gasteiger partial charge < -0.3 is 0 Å². The topological polar surface area (TPSA) is 0 Å². The van der Waals surface area contributed by atoms with Gasteiger partial charge in [0.15, 0.2) is 0 Å². The molecule has 1 aromatic heterocycles. The van der Waals surface area contributed by atoms with Crippen LogP contribution >= 0.6 is 27.3 Å². The highest BCUT2D eigenvalue weighted by Crippen LogP contribution is 2.50. The van der Waals surface area contributed by atoms with E-state index in [1.165, 1.54) is 17.7 Å². The van der Waals surface area contributed by atoms with Crippen LogP contribution in [0.25, 0.3) is 0 Å². The highest BCUT2D eigenvalue weighted by Gasteiger charge is 2.40. The Morgan fingerprint density at radius 2 is 2.36 bits per heavy atom. The Labute approximate surface area is 79.8 Å². The van der Waals surface area contributed by atoms with Crippen LogP contribution in [0.5, 0.6) is 0 Å². The molecule has 2 heteroatoms. The monoisotopic (exact) mass is 230 g/mol. The molecule has 0 N–H and O–H groups in total. The SMILES string of the molecule is CC1(c2ccsc2CBr)CC1. The molecule has 1 heterocycles. The standard InChI is InChI=1S/C9H11BrS/c1-9(3-4-9)7-2-5-11-8(7)6-10/h2,5H,3-4,6H2,1H3. The molecule has 0 spiro atoms. The zero-order valence-electron chi connectivity index (χ0n) is 6.56. The van der Waals surface area contributed by atoms with E-state index in [1.54, 1.807) is 5.56 Å². The molecule has 0 aromatic carbocycles. The van der Waals surface area contributed by atoms with Crippen LogP contribution in [0.1, 0.15) is 30.2 Å². The molecule has 0 bridgehead atoms. The van der Waals surface area contributed by atoms with Crippen LogP contribution in [0.3, 0.4) is 0 Å². The quantitative estimate of drug-likeness (QED) is 0.681. The first-order valence-corrected chi connectivity index (χ1v) is 5.89. The van der Waals surface area contributed by atoms with Gasteiger partial charge in [-0.25, -0.2) is 0 Å². The predicted molar refractivity (Wildman–Crippen MR) is 53.5 cm³/mol. The molecule has 1 aromatic rings. The average Bonchev–Trinajstić information content (AvgIpc) is 2.61. The fraction of sp³-hybridized carbons (Fsp3) is 0.556. The van der Waals surface area contributed by atoms with E-state index in [2.05, 4.69) is 34.3 Å². The highest BCUT2D eigenvalue weighted by atomic mass is 79.9. The zero-order chi connectivity index (χ0) is 7.90. The van der Waals surface area contributed by atoms with Crippen molar-refractivity contribution in [1.29, 1.82) is 0 Å². The minimum absolute atomic E-state index is 0.545. The van der Waals surface area contributed by atoms with Crippen LogP contribution in [0.2, 0.25) is 0 Å². The summed E-state index contributed by atoms with van der Waals surface area (Å²) in [5, 5.41) is 3.23. The summed E-state index contributed by atoms with van der Waals surface area (Å²) in [6.45, 7) is 2.36. The highest BCUT2D eigenvalue weighted by molar-refractivity contribution is 9.08. The molecule has 0 saturated heterocycles. The van der Waals surface area contributed by atoms with Gasteiger partial charge in [-0.3, -0.25) is 0 Å². The molecule has 1 aliphatic rings. The summed E-state index contributed by atoms with van der Waals surface area (Å²) in [5.41, 5.74) is 2.13. The summed E-state index contributed by atoms with van der Waals surface area (Å²) in [6.07, 6.45) is 2.76. The third-order valence-corrected chi connectivity index (χ3v) is 4.37. The molecule has 0 radical (unpaired) electrons. The molecule has 1 aliphatic carbocycles. The Morgan fingerprint density at radius 3 is 2.91 bits per heavy atom. The fourth-order valence-corrected chi connectivity index (χ4v) is 3.01. The fourth-order valence-electron chi connectivity index (χ4n) is 1.44. The van der Waals surface area contributed by atoms with Crippen LogP contribution in [-0.4, -0.2) is 0 Å². The number of hydrogen-bond acceptors (Lipinski definition) is 1. The van der Waals surface area contributed by atoms with Crippen molar-refractivity contribution in [3.8, 4) is 0 Å². The second-order valence-corrected chi connectivity index (χ2v) is 5.01. The Hall–Kier alpha value is 0.180. The first-order valence-electron chi connectivity index (χ1n) is 3.89. The van der Waals surface area contributed by atoms with E-state index in [0.29, 0.717) is 5.41 Å². The molecule has 0 unspecified atom stereocenters. The summed E-state index contributed by atoms with van der Waals surface area (Å²) in [6, 6.07) is 2.29. The Morgan fingerprint density at radius 1 is 1.64 bits per heavy atom. The van der Waals surface area contributed by atoms with Crippen LogP contribution in [0.4, 0.5) is 0 Å². The Kier molecular flexibility index (Phi) is 1.84. The van der Waals surface area contributed by atoms with E-state index >= 15 is 0 Å². The van der Waals surface area contributed by atoms with Crippen molar-refractivity contribution in [1.82, 2.24) is 0 Å². The van der Waals surface area contributed by atoms with Crippen molar-refractivity contribution in [3.63, 3.8) is 0 Å². The summed E-state index contributed by atoms with van der Waals surface area (Å²) in [5.74, 6) is 0. The maximum absolute atomic E-state index is 3.52. The maximum Gasteiger partial charge on any atom is 0.0380 e. The lowest BCUT2D eigenvalue weighted by molar-refractivity contribution is 0.785. The molecule has 60 valence electrons. The summed E-state index contributed by atoms with van der Waals surface area (Å²) < 4.78 is 0. The molecule has 0 aliphatic heterocycles. The first-order chi connectivity index (χ1) is 5.26. The van der Waals surface area contributed by atoms with Gasteiger partial charge in [0.05, 0.1) is 0 Å². The zero-order valence-corrected chi connectivity index (χ0v) is 8.96. The van der Waals surface area contributed by atoms with Gasteiger partial charge in [0, 0.05) is 10.2 Å². The van der Waals surface area contributed by atoms with Crippen LogP contribution < -0.4 is 0 Å². The minimum atomic E-state index is 0.545. The number of rotatable bonds is 2. The van der Waals surface area contributed by atoms with E-state index in [1.807, 2.05) is 11.3 Å². The lowest BCUT2D eigenvalue weighted by Gasteiger charge is -2.07. The summed E-state index contributed by atoms with van der Waals surface area (Å²) in [7, 11) is 0. The van der Waals surface area contributed by atoms with E-state index in [0.717, 1.165) is 5.33 Å². The Balaban J connectivity index is 2.36. The summed E-state index contributed by atoms with van der Waals surface area (Å²) >= 11 is 5.39. The van der Waals surface area contributed by atoms with Crippen molar-refractivity contribution in [2.45, 2.75) is 30.5 Å². The smallest absolute Gasteiger partial charge is 0.0380 e. The molecule has 0 nitrogen and oxygen atoms in total. The molecule has 1 fully saturated rings. The lowest BCUT2D eigenvalue weighted by atomic mass is 10.00. The van der Waals surface area contributed by atoms with Gasteiger partial charge in [-0.1, -0.05) is 22.9 Å². The van der Waals surface area contributed by atoms with Gasteiger partial charge in [-0.05, 0) is 35.3 Å². The predicted octanol–water partition coefficient (Wildman–Crippen LogP) is 3.69. The van der Waals surface area contributed by atoms with Crippen molar-refractivity contribution in [2.75, 3.05) is 0 Å². The second-order valence-electron chi connectivity index (χ2n) is 3.45. The number of hydrogen-bond donors (Lipinski definition) is 0. The van der Waals surface area contributed by atoms with Crippen LogP contribution in [-0.2, 0) is 10.7 Å². The van der Waals surface area contributed by atoms with Gasteiger partial charge >= 0.3 is 0 Å². The largest absolute Gasteiger partial charge is 0.148 e. The molecular weight excluding hydrogens is 220 g/mol. The molecular formula is C9H11BrS. The van der Waals surface area contributed by atoms with E-state index in [-0.39, 0.29) is 0 Å². The van der Waals surface area contributed by atoms with Crippen molar-refractivity contribution >= 4 is 27.3 Å². The summed E-state index contributed by atoms with van der Waals surface area (Å²) in [4.78, 5) is 1.52. The average molecular weight is 231 g/mol. The van der Waals surface area contributed by atoms with Crippen molar-refractivity contribution in [3.05, 3.63) is 21.9 Å². The number of halogens is 1. The minimum Gasteiger partial charge on any atom is -0.148 e. The van der Waals surface area contributed by atoms with Crippen LogP contribution in [0, 0.1) is 0 Å². The number of thiophene rings is 1. The van der Waals surface area contributed by atoms with Gasteiger partial charge in [0.25, 0.3) is 0 Å². The Bertz CT molecular complexity index is 260. The normalized spacial score (nSPS) is 20.2. The lowest BCUT2D eigenvalue weighted by Crippen LogP contribution is -1.99.